The second-order valence-electron chi connectivity index (χ2n) is 4.38. The van der Waals surface area contributed by atoms with Crippen molar-refractivity contribution in [2.45, 2.75) is 33.1 Å². The number of nitrogens with zero attached hydrogens (tertiary/aromatic N) is 1. The van der Waals surface area contributed by atoms with Crippen molar-refractivity contribution in [2.24, 2.45) is 0 Å². The van der Waals surface area contributed by atoms with Crippen molar-refractivity contribution < 1.29 is 4.79 Å². The van der Waals surface area contributed by atoms with Gasteiger partial charge in [0, 0.05) is 18.0 Å². The monoisotopic (exact) mass is 238 g/mol. The predicted molar refractivity (Wildman–Crippen MR) is 68.0 cm³/mol. The molecule has 1 fully saturated rings. The summed E-state index contributed by atoms with van der Waals surface area (Å²) in [6.45, 7) is 5.77. The molecule has 1 amide bonds. The maximum absolute atomic E-state index is 12.3. The van der Waals surface area contributed by atoms with Crippen molar-refractivity contribution in [3.8, 4) is 0 Å². The molecule has 0 aliphatic carbocycles. The van der Waals surface area contributed by atoms with E-state index in [-0.39, 0.29) is 5.91 Å². The van der Waals surface area contributed by atoms with Gasteiger partial charge in [0.15, 0.2) is 0 Å². The number of thiophene rings is 1. The SMILES string of the molecule is Cc1sc(N)c(C(=O)N2CCCCC2)c1C. The molecule has 0 aromatic carbocycles. The molecule has 16 heavy (non-hydrogen) atoms. The van der Waals surface area contributed by atoms with Crippen LogP contribution in [-0.4, -0.2) is 23.9 Å². The predicted octanol–water partition coefficient (Wildman–Crippen LogP) is 2.57. The third-order valence-corrected chi connectivity index (χ3v) is 4.31. The summed E-state index contributed by atoms with van der Waals surface area (Å²) in [6.07, 6.45) is 3.47. The van der Waals surface area contributed by atoms with Gasteiger partial charge >= 0.3 is 0 Å². The lowest BCUT2D eigenvalue weighted by Gasteiger charge is -2.26. The molecule has 0 saturated carbocycles. The van der Waals surface area contributed by atoms with Gasteiger partial charge in [-0.25, -0.2) is 0 Å². The number of rotatable bonds is 1. The number of piperidine rings is 1. The molecule has 0 atom stereocenters. The highest BCUT2D eigenvalue weighted by Gasteiger charge is 2.23. The Morgan fingerprint density at radius 1 is 1.25 bits per heavy atom. The van der Waals surface area contributed by atoms with Crippen LogP contribution >= 0.6 is 11.3 Å². The van der Waals surface area contributed by atoms with Crippen LogP contribution in [0.4, 0.5) is 5.00 Å². The fourth-order valence-corrected chi connectivity index (χ4v) is 3.10. The largest absolute Gasteiger partial charge is 0.390 e. The van der Waals surface area contributed by atoms with Crippen LogP contribution in [0.1, 0.15) is 40.1 Å². The number of anilines is 1. The van der Waals surface area contributed by atoms with Crippen molar-refractivity contribution >= 4 is 22.2 Å². The van der Waals surface area contributed by atoms with Crippen LogP contribution in [-0.2, 0) is 0 Å². The van der Waals surface area contributed by atoms with Gasteiger partial charge in [-0.05, 0) is 38.7 Å². The van der Waals surface area contributed by atoms with E-state index in [2.05, 4.69) is 0 Å². The lowest BCUT2D eigenvalue weighted by Crippen LogP contribution is -2.36. The number of nitrogens with two attached hydrogens (primary N) is 1. The van der Waals surface area contributed by atoms with Crippen LogP contribution in [0.25, 0.3) is 0 Å². The number of amides is 1. The number of likely N-dealkylation sites (tertiary alicyclic amines) is 1. The molecule has 1 aliphatic heterocycles. The maximum Gasteiger partial charge on any atom is 0.257 e. The molecule has 0 radical (unpaired) electrons. The quantitative estimate of drug-likeness (QED) is 0.817. The maximum atomic E-state index is 12.3. The first kappa shape index (κ1) is 11.5. The summed E-state index contributed by atoms with van der Waals surface area (Å²) in [6, 6.07) is 0. The Balaban J connectivity index is 2.25. The fraction of sp³-hybridized carbons (Fsp3) is 0.583. The van der Waals surface area contributed by atoms with Crippen molar-refractivity contribution in [3.63, 3.8) is 0 Å². The second kappa shape index (κ2) is 4.45. The Labute approximate surface area is 100 Å². The number of aryl methyl sites for hydroxylation is 1. The van der Waals surface area contributed by atoms with Crippen molar-refractivity contribution in [3.05, 3.63) is 16.0 Å². The molecule has 0 bridgehead atoms. The fourth-order valence-electron chi connectivity index (χ4n) is 2.17. The normalized spacial score (nSPS) is 16.5. The van der Waals surface area contributed by atoms with Gasteiger partial charge in [0.25, 0.3) is 5.91 Å². The summed E-state index contributed by atoms with van der Waals surface area (Å²) in [7, 11) is 0. The van der Waals surface area contributed by atoms with Crippen LogP contribution in [0.3, 0.4) is 0 Å². The highest BCUT2D eigenvalue weighted by Crippen LogP contribution is 2.31. The van der Waals surface area contributed by atoms with Gasteiger partial charge in [-0.3, -0.25) is 4.79 Å². The number of carbonyl (C=O) groups excluding carboxylic acids is 1. The van der Waals surface area contributed by atoms with E-state index in [1.165, 1.54) is 17.8 Å². The first-order valence-corrected chi connectivity index (χ1v) is 6.57. The van der Waals surface area contributed by atoms with E-state index in [1.807, 2.05) is 18.7 Å². The van der Waals surface area contributed by atoms with Gasteiger partial charge in [0.05, 0.1) is 10.6 Å². The van der Waals surface area contributed by atoms with E-state index >= 15 is 0 Å². The van der Waals surface area contributed by atoms with Gasteiger partial charge in [-0.1, -0.05) is 0 Å². The first-order valence-electron chi connectivity index (χ1n) is 5.76. The summed E-state index contributed by atoms with van der Waals surface area (Å²) in [5, 5.41) is 0.672. The van der Waals surface area contributed by atoms with Gasteiger partial charge in [0.2, 0.25) is 0 Å². The molecule has 0 spiro atoms. The lowest BCUT2D eigenvalue weighted by atomic mass is 10.1. The standard InChI is InChI=1S/C12H18N2OS/c1-8-9(2)16-11(13)10(8)12(15)14-6-4-3-5-7-14/h3-7,13H2,1-2H3. The minimum absolute atomic E-state index is 0.124. The van der Waals surface area contributed by atoms with Crippen molar-refractivity contribution in [2.75, 3.05) is 18.8 Å². The first-order chi connectivity index (χ1) is 7.61. The van der Waals surface area contributed by atoms with E-state index in [0.29, 0.717) is 5.00 Å². The molecule has 2 rings (SSSR count). The Morgan fingerprint density at radius 3 is 2.38 bits per heavy atom. The van der Waals surface area contributed by atoms with Gasteiger partial charge in [-0.2, -0.15) is 0 Å². The molecule has 1 saturated heterocycles. The average Bonchev–Trinajstić information content (AvgIpc) is 2.54. The summed E-state index contributed by atoms with van der Waals surface area (Å²) in [5.74, 6) is 0.124. The highest BCUT2D eigenvalue weighted by molar-refractivity contribution is 7.16. The third-order valence-electron chi connectivity index (χ3n) is 3.27. The zero-order valence-electron chi connectivity index (χ0n) is 9.88. The van der Waals surface area contributed by atoms with E-state index < -0.39 is 0 Å². The van der Waals surface area contributed by atoms with Crippen LogP contribution in [0.2, 0.25) is 0 Å². The molecular formula is C12H18N2OS. The molecule has 88 valence electrons. The Hall–Kier alpha value is -1.03. The molecule has 1 aromatic heterocycles. The Bertz CT molecular complexity index is 405. The lowest BCUT2D eigenvalue weighted by molar-refractivity contribution is 0.0725. The molecule has 2 heterocycles. The van der Waals surface area contributed by atoms with E-state index in [1.54, 1.807) is 0 Å². The topological polar surface area (TPSA) is 46.3 Å². The van der Waals surface area contributed by atoms with Gasteiger partial charge in [0.1, 0.15) is 0 Å². The number of hydrogen-bond acceptors (Lipinski definition) is 3. The summed E-state index contributed by atoms with van der Waals surface area (Å²) >= 11 is 1.52. The average molecular weight is 238 g/mol. The Kier molecular flexibility index (Phi) is 3.19. The summed E-state index contributed by atoms with van der Waals surface area (Å²) in [4.78, 5) is 15.4. The number of nitrogen functional groups attached to an aromatic ring is 1. The van der Waals surface area contributed by atoms with E-state index in [4.69, 9.17) is 5.73 Å². The molecule has 0 unspecified atom stereocenters. The van der Waals surface area contributed by atoms with Crippen LogP contribution in [0.5, 0.6) is 0 Å². The zero-order valence-corrected chi connectivity index (χ0v) is 10.7. The van der Waals surface area contributed by atoms with Crippen LogP contribution in [0, 0.1) is 13.8 Å². The van der Waals surface area contributed by atoms with Gasteiger partial charge in [-0.15, -0.1) is 11.3 Å². The number of carbonyl (C=O) groups is 1. The van der Waals surface area contributed by atoms with E-state index in [0.717, 1.165) is 41.9 Å². The Morgan fingerprint density at radius 2 is 1.88 bits per heavy atom. The summed E-state index contributed by atoms with van der Waals surface area (Å²) < 4.78 is 0. The second-order valence-corrected chi connectivity index (χ2v) is 5.63. The molecule has 3 nitrogen and oxygen atoms in total. The van der Waals surface area contributed by atoms with Gasteiger partial charge < -0.3 is 10.6 Å². The number of hydrogen-bond donors (Lipinski definition) is 1. The molecule has 1 aliphatic rings. The highest BCUT2D eigenvalue weighted by atomic mass is 32.1. The molecule has 4 heteroatoms. The molecule has 1 aromatic rings. The smallest absolute Gasteiger partial charge is 0.257 e. The van der Waals surface area contributed by atoms with Crippen LogP contribution in [0.15, 0.2) is 0 Å². The zero-order chi connectivity index (χ0) is 11.7. The minimum atomic E-state index is 0.124. The molecule has 2 N–H and O–H groups in total. The third kappa shape index (κ3) is 1.94. The minimum Gasteiger partial charge on any atom is -0.390 e. The van der Waals surface area contributed by atoms with Crippen molar-refractivity contribution in [1.82, 2.24) is 4.90 Å². The van der Waals surface area contributed by atoms with Crippen molar-refractivity contribution in [1.29, 1.82) is 0 Å². The van der Waals surface area contributed by atoms with Crippen LogP contribution < -0.4 is 5.73 Å². The summed E-state index contributed by atoms with van der Waals surface area (Å²) in [5.41, 5.74) is 7.71. The van der Waals surface area contributed by atoms with E-state index in [9.17, 15) is 4.79 Å². The molecular weight excluding hydrogens is 220 g/mol.